The van der Waals surface area contributed by atoms with Gasteiger partial charge in [0.15, 0.2) is 12.5 Å². The van der Waals surface area contributed by atoms with Gasteiger partial charge in [-0.25, -0.2) is 13.8 Å². The van der Waals surface area contributed by atoms with Crippen molar-refractivity contribution in [2.24, 2.45) is 0 Å². The van der Waals surface area contributed by atoms with Gasteiger partial charge in [0.1, 0.15) is 23.1 Å². The Balaban J connectivity index is 1.33. The first-order valence-electron chi connectivity index (χ1n) is 9.92. The maximum Gasteiger partial charge on any atom is 0.260 e. The number of nitrogens with zero attached hydrogens (tertiary/aromatic N) is 2. The predicted octanol–water partition coefficient (Wildman–Crippen LogP) is 4.33. The van der Waals surface area contributed by atoms with Gasteiger partial charge in [-0.2, -0.15) is 0 Å². The van der Waals surface area contributed by atoms with Crippen LogP contribution in [0.5, 0.6) is 5.75 Å². The Morgan fingerprint density at radius 3 is 2.53 bits per heavy atom. The molecule has 7 heteroatoms. The van der Waals surface area contributed by atoms with Crippen molar-refractivity contribution in [3.05, 3.63) is 83.6 Å². The second kappa shape index (κ2) is 9.07. The summed E-state index contributed by atoms with van der Waals surface area (Å²) < 4.78 is 37.4. The van der Waals surface area contributed by atoms with Crippen LogP contribution in [0.2, 0.25) is 0 Å². The van der Waals surface area contributed by atoms with Gasteiger partial charge in [0.25, 0.3) is 5.91 Å². The second-order valence-electron chi connectivity index (χ2n) is 7.39. The van der Waals surface area contributed by atoms with Crippen molar-refractivity contribution in [2.45, 2.75) is 25.2 Å². The number of ether oxygens (including phenoxy) is 1. The van der Waals surface area contributed by atoms with Gasteiger partial charge in [0.2, 0.25) is 0 Å². The fourth-order valence-electron chi connectivity index (χ4n) is 3.57. The molecule has 0 spiro atoms. The number of benzene rings is 2. The summed E-state index contributed by atoms with van der Waals surface area (Å²) in [5, 5.41) is 0. The first-order valence-corrected chi connectivity index (χ1v) is 9.92. The largest absolute Gasteiger partial charge is 0.484 e. The minimum absolute atomic E-state index is 0.0236. The molecule has 0 radical (unpaired) electrons. The van der Waals surface area contributed by atoms with Crippen molar-refractivity contribution in [2.75, 3.05) is 19.7 Å². The summed E-state index contributed by atoms with van der Waals surface area (Å²) in [5.41, 5.74) is 0.942. The lowest BCUT2D eigenvalue weighted by Gasteiger charge is -2.31. The number of hydrogen-bond donors (Lipinski definition) is 0. The lowest BCUT2D eigenvalue weighted by Crippen LogP contribution is -2.41. The van der Waals surface area contributed by atoms with Gasteiger partial charge in [0, 0.05) is 19.5 Å². The SMILES string of the molecule is O=C(COc1ccc(F)cc1)N1CCC[C@H](c2ncc(Cc3ccc(F)cc3)o2)C1. The molecule has 30 heavy (non-hydrogen) atoms. The van der Waals surface area contributed by atoms with E-state index in [0.717, 1.165) is 18.4 Å². The molecule has 1 aliphatic rings. The van der Waals surface area contributed by atoms with E-state index >= 15 is 0 Å². The highest BCUT2D eigenvalue weighted by molar-refractivity contribution is 5.78. The van der Waals surface area contributed by atoms with Crippen LogP contribution in [0.4, 0.5) is 8.78 Å². The summed E-state index contributed by atoms with van der Waals surface area (Å²) in [6.45, 7) is 1.08. The molecule has 5 nitrogen and oxygen atoms in total. The number of hydrogen-bond acceptors (Lipinski definition) is 4. The molecule has 0 saturated carbocycles. The van der Waals surface area contributed by atoms with E-state index in [9.17, 15) is 13.6 Å². The molecule has 1 aromatic heterocycles. The van der Waals surface area contributed by atoms with E-state index < -0.39 is 0 Å². The Morgan fingerprint density at radius 2 is 1.80 bits per heavy atom. The summed E-state index contributed by atoms with van der Waals surface area (Å²) in [6, 6.07) is 11.9. The van der Waals surface area contributed by atoms with Crippen LogP contribution in [0.25, 0.3) is 0 Å². The van der Waals surface area contributed by atoms with Crippen molar-refractivity contribution in [1.29, 1.82) is 0 Å². The molecule has 0 unspecified atom stereocenters. The number of likely N-dealkylation sites (tertiary alicyclic amines) is 1. The van der Waals surface area contributed by atoms with Crippen molar-refractivity contribution < 1.29 is 22.7 Å². The van der Waals surface area contributed by atoms with Gasteiger partial charge in [-0.3, -0.25) is 4.79 Å². The van der Waals surface area contributed by atoms with E-state index in [1.165, 1.54) is 36.4 Å². The number of aromatic nitrogens is 1. The zero-order chi connectivity index (χ0) is 20.9. The molecule has 4 rings (SSSR count). The molecule has 1 amide bonds. The summed E-state index contributed by atoms with van der Waals surface area (Å²) in [4.78, 5) is 18.7. The van der Waals surface area contributed by atoms with E-state index in [1.54, 1.807) is 23.2 Å². The Hall–Kier alpha value is -3.22. The maximum atomic E-state index is 13.0. The van der Waals surface area contributed by atoms with E-state index in [0.29, 0.717) is 36.9 Å². The standard InChI is InChI=1S/C23H22F2N2O3/c24-18-5-3-16(4-6-18)12-21-13-26-23(30-21)17-2-1-11-27(14-17)22(28)15-29-20-9-7-19(25)8-10-20/h3-10,13,17H,1-2,11-12,14-15H2/t17-/m0/s1. The van der Waals surface area contributed by atoms with Crippen LogP contribution in [0.15, 0.2) is 59.1 Å². The Labute approximate surface area is 173 Å². The average Bonchev–Trinajstić information content (AvgIpc) is 3.23. The molecule has 2 heterocycles. The molecule has 3 aromatic rings. The lowest BCUT2D eigenvalue weighted by atomic mass is 9.98. The third-order valence-corrected chi connectivity index (χ3v) is 5.16. The predicted molar refractivity (Wildman–Crippen MR) is 106 cm³/mol. The Morgan fingerprint density at radius 1 is 1.10 bits per heavy atom. The van der Waals surface area contributed by atoms with Crippen molar-refractivity contribution in [3.8, 4) is 5.75 Å². The molecule has 1 aliphatic heterocycles. The maximum absolute atomic E-state index is 13.0. The number of oxazole rings is 1. The number of amides is 1. The van der Waals surface area contributed by atoms with Gasteiger partial charge >= 0.3 is 0 Å². The van der Waals surface area contributed by atoms with Crippen LogP contribution in [-0.4, -0.2) is 35.5 Å². The number of carbonyl (C=O) groups is 1. The van der Waals surface area contributed by atoms with Gasteiger partial charge in [0.05, 0.1) is 12.1 Å². The normalized spacial score (nSPS) is 16.5. The van der Waals surface area contributed by atoms with Crippen LogP contribution in [0, 0.1) is 11.6 Å². The minimum atomic E-state index is -0.350. The molecule has 1 fully saturated rings. The highest BCUT2D eigenvalue weighted by atomic mass is 19.1. The fraction of sp³-hybridized carbons (Fsp3) is 0.304. The van der Waals surface area contributed by atoms with Crippen LogP contribution < -0.4 is 4.74 Å². The smallest absolute Gasteiger partial charge is 0.260 e. The van der Waals surface area contributed by atoms with E-state index in [2.05, 4.69) is 4.98 Å². The van der Waals surface area contributed by atoms with Crippen molar-refractivity contribution >= 4 is 5.91 Å². The molecule has 0 N–H and O–H groups in total. The van der Waals surface area contributed by atoms with Crippen molar-refractivity contribution in [1.82, 2.24) is 9.88 Å². The highest BCUT2D eigenvalue weighted by Crippen LogP contribution is 2.27. The van der Waals surface area contributed by atoms with Crippen LogP contribution >= 0.6 is 0 Å². The Kier molecular flexibility index (Phi) is 6.07. The van der Waals surface area contributed by atoms with E-state index in [1.807, 2.05) is 0 Å². The van der Waals surface area contributed by atoms with Crippen LogP contribution in [0.3, 0.4) is 0 Å². The fourth-order valence-corrected chi connectivity index (χ4v) is 3.57. The van der Waals surface area contributed by atoms with Gasteiger partial charge in [-0.1, -0.05) is 12.1 Å². The summed E-state index contributed by atoms with van der Waals surface area (Å²) in [6.07, 6.45) is 3.97. The summed E-state index contributed by atoms with van der Waals surface area (Å²) in [5.74, 6) is 1.06. The number of piperidine rings is 1. The lowest BCUT2D eigenvalue weighted by molar-refractivity contribution is -0.134. The number of carbonyl (C=O) groups excluding carboxylic acids is 1. The first-order chi connectivity index (χ1) is 14.6. The molecule has 1 saturated heterocycles. The quantitative estimate of drug-likeness (QED) is 0.605. The molecular weight excluding hydrogens is 390 g/mol. The monoisotopic (exact) mass is 412 g/mol. The zero-order valence-electron chi connectivity index (χ0n) is 16.4. The number of rotatable bonds is 6. The first kappa shape index (κ1) is 20.1. The minimum Gasteiger partial charge on any atom is -0.484 e. The molecule has 1 atom stereocenters. The third-order valence-electron chi connectivity index (χ3n) is 5.16. The molecule has 156 valence electrons. The van der Waals surface area contributed by atoms with E-state index in [4.69, 9.17) is 9.15 Å². The molecular formula is C23H22F2N2O3. The number of halogens is 2. The second-order valence-corrected chi connectivity index (χ2v) is 7.39. The van der Waals surface area contributed by atoms with Crippen LogP contribution in [-0.2, 0) is 11.2 Å². The van der Waals surface area contributed by atoms with Gasteiger partial charge in [-0.05, 0) is 54.8 Å². The summed E-state index contributed by atoms with van der Waals surface area (Å²) >= 11 is 0. The van der Waals surface area contributed by atoms with Crippen molar-refractivity contribution in [3.63, 3.8) is 0 Å². The van der Waals surface area contributed by atoms with Crippen LogP contribution in [0.1, 0.15) is 36.0 Å². The molecule has 0 bridgehead atoms. The topological polar surface area (TPSA) is 55.6 Å². The van der Waals surface area contributed by atoms with Gasteiger partial charge < -0.3 is 14.1 Å². The highest BCUT2D eigenvalue weighted by Gasteiger charge is 2.28. The molecule has 2 aromatic carbocycles. The molecule has 0 aliphatic carbocycles. The van der Waals surface area contributed by atoms with Gasteiger partial charge in [-0.15, -0.1) is 0 Å². The summed E-state index contributed by atoms with van der Waals surface area (Å²) in [7, 11) is 0. The average molecular weight is 412 g/mol. The third kappa shape index (κ3) is 5.03. The Bertz CT molecular complexity index is 986. The zero-order valence-corrected chi connectivity index (χ0v) is 16.4. The van der Waals surface area contributed by atoms with E-state index in [-0.39, 0.29) is 30.1 Å².